The Labute approximate surface area is 128 Å². The predicted octanol–water partition coefficient (Wildman–Crippen LogP) is 2.76. The number of fused-ring (bicyclic) bond motifs is 1. The molecule has 0 saturated carbocycles. The van der Waals surface area contributed by atoms with Gasteiger partial charge in [0.15, 0.2) is 0 Å². The maximum atomic E-state index is 6.10. The van der Waals surface area contributed by atoms with Gasteiger partial charge in [-0.3, -0.25) is 0 Å². The number of aromatic nitrogens is 2. The topological polar surface area (TPSA) is 30.3 Å². The molecule has 0 radical (unpaired) electrons. The number of likely N-dealkylation sites (N-methyl/N-ethyl adjacent to an activating group) is 1. The highest BCUT2D eigenvalue weighted by Gasteiger charge is 2.20. The van der Waals surface area contributed by atoms with E-state index in [1.807, 2.05) is 18.2 Å². The van der Waals surface area contributed by atoms with E-state index in [9.17, 15) is 0 Å². The molecule has 0 bridgehead atoms. The van der Waals surface area contributed by atoms with Crippen molar-refractivity contribution < 1.29 is 4.74 Å². The Bertz CT molecular complexity index is 614. The fraction of sp³-hybridized carbons (Fsp3) is 0.500. The SMILES string of the molecule is CN1CCOC(Cn2c(CCl)nc3ccc(Cl)cc32)C1. The highest BCUT2D eigenvalue weighted by atomic mass is 35.5. The first kappa shape index (κ1) is 14.1. The zero-order valence-electron chi connectivity index (χ0n) is 11.4. The van der Waals surface area contributed by atoms with Crippen molar-refractivity contribution in [3.63, 3.8) is 0 Å². The van der Waals surface area contributed by atoms with Gasteiger partial charge in [0.05, 0.1) is 36.2 Å². The molecule has 6 heteroatoms. The second-order valence-corrected chi connectivity index (χ2v) is 5.86. The standard InChI is InChI=1S/C14H17Cl2N3O/c1-18-4-5-20-11(8-18)9-19-13-6-10(16)2-3-12(13)17-14(19)7-15/h2-3,6,11H,4-5,7-9H2,1H3. The molecule has 3 rings (SSSR count). The molecule has 1 aromatic carbocycles. The van der Waals surface area contributed by atoms with Crippen LogP contribution in [0.5, 0.6) is 0 Å². The summed E-state index contributed by atoms with van der Waals surface area (Å²) in [5.74, 6) is 1.25. The van der Waals surface area contributed by atoms with E-state index in [-0.39, 0.29) is 6.10 Å². The van der Waals surface area contributed by atoms with Crippen LogP contribution in [0.1, 0.15) is 5.82 Å². The lowest BCUT2D eigenvalue weighted by atomic mass is 10.2. The molecule has 2 aromatic rings. The van der Waals surface area contributed by atoms with Crippen molar-refractivity contribution >= 4 is 34.2 Å². The minimum absolute atomic E-state index is 0.159. The van der Waals surface area contributed by atoms with E-state index < -0.39 is 0 Å². The van der Waals surface area contributed by atoms with Crippen LogP contribution < -0.4 is 0 Å². The van der Waals surface area contributed by atoms with E-state index in [2.05, 4.69) is 21.5 Å². The van der Waals surface area contributed by atoms with Crippen LogP contribution in [0.25, 0.3) is 11.0 Å². The summed E-state index contributed by atoms with van der Waals surface area (Å²) in [6.45, 7) is 3.42. The maximum absolute atomic E-state index is 6.10. The normalized spacial score (nSPS) is 20.6. The third kappa shape index (κ3) is 2.79. The summed E-state index contributed by atoms with van der Waals surface area (Å²) in [6, 6.07) is 5.72. The molecule has 1 saturated heterocycles. The number of imidazole rings is 1. The molecule has 1 fully saturated rings. The van der Waals surface area contributed by atoms with E-state index in [0.29, 0.717) is 10.9 Å². The van der Waals surface area contributed by atoms with Gasteiger partial charge in [-0.1, -0.05) is 11.6 Å². The number of morpholine rings is 1. The first-order valence-electron chi connectivity index (χ1n) is 6.68. The molecule has 1 aliphatic heterocycles. The molecule has 0 spiro atoms. The van der Waals surface area contributed by atoms with E-state index >= 15 is 0 Å². The quantitative estimate of drug-likeness (QED) is 0.816. The minimum Gasteiger partial charge on any atom is -0.374 e. The molecule has 1 atom stereocenters. The predicted molar refractivity (Wildman–Crippen MR) is 81.5 cm³/mol. The number of halogens is 2. The number of ether oxygens (including phenoxy) is 1. The smallest absolute Gasteiger partial charge is 0.124 e. The molecule has 1 aromatic heterocycles. The van der Waals surface area contributed by atoms with Crippen LogP contribution in [0.15, 0.2) is 18.2 Å². The van der Waals surface area contributed by atoms with Gasteiger partial charge in [-0.05, 0) is 25.2 Å². The van der Waals surface area contributed by atoms with E-state index in [1.165, 1.54) is 0 Å². The summed E-state index contributed by atoms with van der Waals surface area (Å²) >= 11 is 12.1. The lowest BCUT2D eigenvalue weighted by molar-refractivity contribution is -0.0272. The molecule has 0 N–H and O–H groups in total. The third-order valence-corrected chi connectivity index (χ3v) is 4.11. The molecule has 108 valence electrons. The molecular weight excluding hydrogens is 297 g/mol. The average molecular weight is 314 g/mol. The zero-order chi connectivity index (χ0) is 14.1. The lowest BCUT2D eigenvalue weighted by Gasteiger charge is -2.30. The van der Waals surface area contributed by atoms with Crippen LogP contribution in [0.2, 0.25) is 5.02 Å². The lowest BCUT2D eigenvalue weighted by Crippen LogP contribution is -2.42. The van der Waals surface area contributed by atoms with Gasteiger partial charge < -0.3 is 14.2 Å². The van der Waals surface area contributed by atoms with E-state index in [4.69, 9.17) is 27.9 Å². The van der Waals surface area contributed by atoms with Gasteiger partial charge >= 0.3 is 0 Å². The zero-order valence-corrected chi connectivity index (χ0v) is 12.9. The molecule has 2 heterocycles. The Hall–Kier alpha value is -0.810. The van der Waals surface area contributed by atoms with Crippen LogP contribution in [-0.4, -0.2) is 47.3 Å². The summed E-state index contributed by atoms with van der Waals surface area (Å²) in [6.07, 6.45) is 0.159. The van der Waals surface area contributed by atoms with Gasteiger partial charge in [-0.2, -0.15) is 0 Å². The Balaban J connectivity index is 1.94. The number of rotatable bonds is 3. The van der Waals surface area contributed by atoms with Crippen molar-refractivity contribution in [2.24, 2.45) is 0 Å². The molecule has 1 unspecified atom stereocenters. The molecule has 0 aliphatic carbocycles. The number of alkyl halides is 1. The van der Waals surface area contributed by atoms with Crippen molar-refractivity contribution in [3.8, 4) is 0 Å². The monoisotopic (exact) mass is 313 g/mol. The first-order chi connectivity index (χ1) is 9.67. The number of hydrogen-bond donors (Lipinski definition) is 0. The summed E-state index contributed by atoms with van der Waals surface area (Å²) in [5, 5.41) is 0.710. The molecule has 4 nitrogen and oxygen atoms in total. The largest absolute Gasteiger partial charge is 0.374 e. The van der Waals surface area contributed by atoms with Gasteiger partial charge in [-0.25, -0.2) is 4.98 Å². The Kier molecular flexibility index (Phi) is 4.17. The Morgan fingerprint density at radius 1 is 1.45 bits per heavy atom. The van der Waals surface area contributed by atoms with Gasteiger partial charge in [0.2, 0.25) is 0 Å². The molecule has 1 aliphatic rings. The van der Waals surface area contributed by atoms with E-state index in [0.717, 1.165) is 43.1 Å². The van der Waals surface area contributed by atoms with Crippen LogP contribution in [0.3, 0.4) is 0 Å². The van der Waals surface area contributed by atoms with Gasteiger partial charge in [0, 0.05) is 18.1 Å². The number of benzene rings is 1. The summed E-state index contributed by atoms with van der Waals surface area (Å²) < 4.78 is 7.96. The van der Waals surface area contributed by atoms with Crippen molar-refractivity contribution in [3.05, 3.63) is 29.0 Å². The highest BCUT2D eigenvalue weighted by molar-refractivity contribution is 6.31. The van der Waals surface area contributed by atoms with Gasteiger partial charge in [0.1, 0.15) is 5.82 Å². The highest BCUT2D eigenvalue weighted by Crippen LogP contribution is 2.23. The summed E-state index contributed by atoms with van der Waals surface area (Å²) in [7, 11) is 2.11. The fourth-order valence-corrected chi connectivity index (χ4v) is 3.00. The fourth-order valence-electron chi connectivity index (χ4n) is 2.63. The summed E-state index contributed by atoms with van der Waals surface area (Å²) in [5.41, 5.74) is 1.94. The van der Waals surface area contributed by atoms with Crippen LogP contribution in [0.4, 0.5) is 0 Å². The Morgan fingerprint density at radius 2 is 2.30 bits per heavy atom. The second-order valence-electron chi connectivity index (χ2n) is 5.16. The molecular formula is C14H17Cl2N3O. The van der Waals surface area contributed by atoms with Crippen LogP contribution in [0, 0.1) is 0 Å². The van der Waals surface area contributed by atoms with Crippen molar-refractivity contribution in [2.75, 3.05) is 26.7 Å². The van der Waals surface area contributed by atoms with Crippen molar-refractivity contribution in [2.45, 2.75) is 18.5 Å². The number of nitrogens with zero attached hydrogens (tertiary/aromatic N) is 3. The number of hydrogen-bond acceptors (Lipinski definition) is 3. The summed E-state index contributed by atoms with van der Waals surface area (Å²) in [4.78, 5) is 6.84. The van der Waals surface area contributed by atoms with Crippen molar-refractivity contribution in [1.29, 1.82) is 0 Å². The first-order valence-corrected chi connectivity index (χ1v) is 7.59. The molecule has 20 heavy (non-hydrogen) atoms. The van der Waals surface area contributed by atoms with Crippen molar-refractivity contribution in [1.82, 2.24) is 14.5 Å². The third-order valence-electron chi connectivity index (χ3n) is 3.64. The van der Waals surface area contributed by atoms with Crippen LogP contribution in [-0.2, 0) is 17.2 Å². The minimum atomic E-state index is 0.159. The Morgan fingerprint density at radius 3 is 3.05 bits per heavy atom. The maximum Gasteiger partial charge on any atom is 0.124 e. The average Bonchev–Trinajstić information content (AvgIpc) is 2.76. The van der Waals surface area contributed by atoms with E-state index in [1.54, 1.807) is 0 Å². The molecule has 0 amide bonds. The second kappa shape index (κ2) is 5.90. The van der Waals surface area contributed by atoms with Gasteiger partial charge in [0.25, 0.3) is 0 Å². The van der Waals surface area contributed by atoms with Gasteiger partial charge in [-0.15, -0.1) is 11.6 Å². The van der Waals surface area contributed by atoms with Crippen LogP contribution >= 0.6 is 23.2 Å².